The largest absolute Gasteiger partial charge is 0.381 e. The fourth-order valence-electron chi connectivity index (χ4n) is 2.55. The van der Waals surface area contributed by atoms with Crippen molar-refractivity contribution in [2.75, 3.05) is 19.8 Å². The molecule has 0 atom stereocenters. The number of nitrogens with one attached hydrogen (secondary N) is 1. The Hall–Kier alpha value is -0.950. The molecule has 0 radical (unpaired) electrons. The fraction of sp³-hybridized carbons (Fsp3) is 0.571. The van der Waals surface area contributed by atoms with Crippen molar-refractivity contribution >= 4 is 10.0 Å². The third-order valence-corrected chi connectivity index (χ3v) is 5.55. The normalized spacial score (nSPS) is 18.9. The molecule has 0 aliphatic carbocycles. The minimum Gasteiger partial charge on any atom is -0.381 e. The van der Waals surface area contributed by atoms with E-state index >= 15 is 0 Å². The van der Waals surface area contributed by atoms with Gasteiger partial charge in [0.25, 0.3) is 0 Å². The number of ether oxygens (including phenoxy) is 1. The molecule has 112 valence electrons. The lowest BCUT2D eigenvalue weighted by Crippen LogP contribution is -2.56. The molecule has 0 amide bonds. The Morgan fingerprint density at radius 3 is 2.50 bits per heavy atom. The van der Waals surface area contributed by atoms with Gasteiger partial charge >= 0.3 is 0 Å². The second-order valence-corrected chi connectivity index (χ2v) is 7.12. The van der Waals surface area contributed by atoms with Crippen LogP contribution in [0.3, 0.4) is 0 Å². The molecule has 1 aromatic carbocycles. The Labute approximate surface area is 120 Å². The van der Waals surface area contributed by atoms with Crippen molar-refractivity contribution in [3.63, 3.8) is 0 Å². The summed E-state index contributed by atoms with van der Waals surface area (Å²) in [5.41, 5.74) is 7.00. The van der Waals surface area contributed by atoms with Crippen molar-refractivity contribution in [1.82, 2.24) is 4.72 Å². The van der Waals surface area contributed by atoms with E-state index in [1.54, 1.807) is 19.1 Å². The molecule has 0 unspecified atom stereocenters. The van der Waals surface area contributed by atoms with Crippen LogP contribution in [0.4, 0.5) is 0 Å². The van der Waals surface area contributed by atoms with Gasteiger partial charge in [0.1, 0.15) is 0 Å². The summed E-state index contributed by atoms with van der Waals surface area (Å²) < 4.78 is 33.3. The van der Waals surface area contributed by atoms with Crippen molar-refractivity contribution in [2.45, 2.75) is 37.1 Å². The summed E-state index contributed by atoms with van der Waals surface area (Å²) in [5.74, 6) is 0. The maximum Gasteiger partial charge on any atom is 0.241 e. The van der Waals surface area contributed by atoms with Crippen LogP contribution in [-0.4, -0.2) is 33.7 Å². The van der Waals surface area contributed by atoms with E-state index in [1.807, 2.05) is 13.0 Å². The molecule has 2 rings (SSSR count). The predicted octanol–water partition coefficient (Wildman–Crippen LogP) is 1.09. The summed E-state index contributed by atoms with van der Waals surface area (Å²) in [4.78, 5) is 0.322. The van der Waals surface area contributed by atoms with Crippen molar-refractivity contribution in [3.05, 3.63) is 29.3 Å². The van der Waals surface area contributed by atoms with Crippen LogP contribution in [0.5, 0.6) is 0 Å². The summed E-state index contributed by atoms with van der Waals surface area (Å²) >= 11 is 0. The van der Waals surface area contributed by atoms with Crippen LogP contribution in [0.1, 0.15) is 24.0 Å². The molecule has 0 saturated carbocycles. The lowest BCUT2D eigenvalue weighted by molar-refractivity contribution is 0.0502. The van der Waals surface area contributed by atoms with Crippen LogP contribution < -0.4 is 10.5 Å². The molecule has 1 aromatic rings. The zero-order chi connectivity index (χ0) is 14.8. The highest BCUT2D eigenvalue weighted by Crippen LogP contribution is 2.24. The number of nitrogens with two attached hydrogens (primary N) is 1. The summed E-state index contributed by atoms with van der Waals surface area (Å²) in [5, 5.41) is 0. The van der Waals surface area contributed by atoms with E-state index in [0.717, 1.165) is 11.1 Å². The maximum absolute atomic E-state index is 12.6. The molecule has 1 fully saturated rings. The van der Waals surface area contributed by atoms with E-state index < -0.39 is 15.6 Å². The molecule has 1 aliphatic rings. The predicted molar refractivity (Wildman–Crippen MR) is 78.1 cm³/mol. The summed E-state index contributed by atoms with van der Waals surface area (Å²) in [6.45, 7) is 5.09. The highest BCUT2D eigenvalue weighted by molar-refractivity contribution is 7.89. The Balaban J connectivity index is 2.30. The highest BCUT2D eigenvalue weighted by Gasteiger charge is 2.36. The number of hydrogen-bond donors (Lipinski definition) is 2. The number of sulfonamides is 1. The van der Waals surface area contributed by atoms with Gasteiger partial charge in [0, 0.05) is 25.3 Å². The molecule has 20 heavy (non-hydrogen) atoms. The number of rotatable bonds is 4. The molecule has 0 aromatic heterocycles. The maximum atomic E-state index is 12.6. The van der Waals surface area contributed by atoms with Crippen molar-refractivity contribution in [1.29, 1.82) is 0 Å². The summed E-state index contributed by atoms with van der Waals surface area (Å²) in [6, 6.07) is 5.32. The van der Waals surface area contributed by atoms with Gasteiger partial charge in [-0.05, 0) is 38.3 Å². The van der Waals surface area contributed by atoms with Crippen molar-refractivity contribution < 1.29 is 13.2 Å². The van der Waals surface area contributed by atoms with E-state index in [1.165, 1.54) is 0 Å². The van der Waals surface area contributed by atoms with Crippen LogP contribution >= 0.6 is 0 Å². The van der Waals surface area contributed by atoms with Gasteiger partial charge in [0.15, 0.2) is 0 Å². The molecule has 0 spiro atoms. The van der Waals surface area contributed by atoms with Gasteiger partial charge in [-0.15, -0.1) is 0 Å². The third kappa shape index (κ3) is 3.20. The van der Waals surface area contributed by atoms with E-state index in [9.17, 15) is 8.42 Å². The van der Waals surface area contributed by atoms with Gasteiger partial charge in [0.05, 0.1) is 4.90 Å². The Kier molecular flexibility index (Phi) is 4.49. The average molecular weight is 298 g/mol. The van der Waals surface area contributed by atoms with Crippen LogP contribution in [0.15, 0.2) is 23.1 Å². The molecular weight excluding hydrogens is 276 g/mol. The average Bonchev–Trinajstić information content (AvgIpc) is 2.38. The van der Waals surface area contributed by atoms with Gasteiger partial charge < -0.3 is 10.5 Å². The monoisotopic (exact) mass is 298 g/mol. The van der Waals surface area contributed by atoms with Crippen LogP contribution in [-0.2, 0) is 14.8 Å². The van der Waals surface area contributed by atoms with Gasteiger partial charge in [-0.3, -0.25) is 0 Å². The zero-order valence-electron chi connectivity index (χ0n) is 12.0. The molecule has 3 N–H and O–H groups in total. The number of hydrogen-bond acceptors (Lipinski definition) is 4. The first-order chi connectivity index (χ1) is 9.38. The molecule has 5 nitrogen and oxygen atoms in total. The Morgan fingerprint density at radius 2 is 1.95 bits per heavy atom. The molecule has 6 heteroatoms. The van der Waals surface area contributed by atoms with E-state index in [4.69, 9.17) is 10.5 Å². The van der Waals surface area contributed by atoms with Crippen molar-refractivity contribution in [2.24, 2.45) is 5.73 Å². The van der Waals surface area contributed by atoms with E-state index in [2.05, 4.69) is 4.72 Å². The lowest BCUT2D eigenvalue weighted by Gasteiger charge is -2.36. The molecule has 1 saturated heterocycles. The fourth-order valence-corrected chi connectivity index (χ4v) is 4.25. The third-order valence-electron chi connectivity index (χ3n) is 3.81. The van der Waals surface area contributed by atoms with Crippen LogP contribution in [0, 0.1) is 13.8 Å². The number of benzene rings is 1. The van der Waals surface area contributed by atoms with Gasteiger partial charge in [-0.1, -0.05) is 17.7 Å². The highest BCUT2D eigenvalue weighted by atomic mass is 32.2. The Morgan fingerprint density at radius 1 is 1.30 bits per heavy atom. The molecule has 1 aliphatic heterocycles. The van der Waals surface area contributed by atoms with E-state index in [-0.39, 0.29) is 6.54 Å². The number of aryl methyl sites for hydroxylation is 2. The van der Waals surface area contributed by atoms with Gasteiger partial charge in [-0.2, -0.15) is 0 Å². The summed E-state index contributed by atoms with van der Waals surface area (Å²) in [7, 11) is -3.56. The van der Waals surface area contributed by atoms with Crippen LogP contribution in [0.25, 0.3) is 0 Å². The Bertz CT molecular complexity index is 578. The first-order valence-electron chi connectivity index (χ1n) is 6.78. The quantitative estimate of drug-likeness (QED) is 0.872. The topological polar surface area (TPSA) is 81.4 Å². The van der Waals surface area contributed by atoms with Gasteiger partial charge in [0.2, 0.25) is 10.0 Å². The summed E-state index contributed by atoms with van der Waals surface area (Å²) in [6.07, 6.45) is 1.21. The van der Waals surface area contributed by atoms with Crippen molar-refractivity contribution in [3.8, 4) is 0 Å². The molecule has 0 bridgehead atoms. The minimum atomic E-state index is -3.56. The smallest absolute Gasteiger partial charge is 0.241 e. The molecular formula is C14H22N2O3S. The SMILES string of the molecule is Cc1ccc(S(=O)(=O)NC2(CN)CCOCC2)c(C)c1. The van der Waals surface area contributed by atoms with Crippen LogP contribution in [0.2, 0.25) is 0 Å². The first kappa shape index (κ1) is 15.4. The van der Waals surface area contributed by atoms with E-state index in [0.29, 0.717) is 31.0 Å². The molecule has 1 heterocycles. The second-order valence-electron chi connectivity index (χ2n) is 5.47. The van der Waals surface area contributed by atoms with Gasteiger partial charge in [-0.25, -0.2) is 13.1 Å². The zero-order valence-corrected chi connectivity index (χ0v) is 12.8. The minimum absolute atomic E-state index is 0.278. The first-order valence-corrected chi connectivity index (χ1v) is 8.26. The standard InChI is InChI=1S/C14H22N2O3S/c1-11-3-4-13(12(2)9-11)20(17,18)16-14(10-15)5-7-19-8-6-14/h3-4,9,16H,5-8,10,15H2,1-2H3. The second kappa shape index (κ2) is 5.81. The lowest BCUT2D eigenvalue weighted by atomic mass is 9.92.